The molecule has 2 N–H and O–H groups in total. The lowest BCUT2D eigenvalue weighted by Gasteiger charge is -2.21. The van der Waals surface area contributed by atoms with E-state index < -0.39 is 5.54 Å². The fourth-order valence-corrected chi connectivity index (χ4v) is 3.40. The highest BCUT2D eigenvalue weighted by atomic mass is 35.5. The van der Waals surface area contributed by atoms with Gasteiger partial charge in [0, 0.05) is 10.8 Å². The maximum atomic E-state index is 9.39. The monoisotopic (exact) mass is 316 g/mol. The third kappa shape index (κ3) is 4.25. The van der Waals surface area contributed by atoms with Crippen LogP contribution in [-0.2, 0) is 11.3 Å². The van der Waals surface area contributed by atoms with Crippen molar-refractivity contribution in [1.82, 2.24) is 0 Å². The van der Waals surface area contributed by atoms with Gasteiger partial charge in [0.15, 0.2) is 0 Å². The lowest BCUT2D eigenvalue weighted by Crippen LogP contribution is -2.35. The molecule has 0 aromatic heterocycles. The number of halogens is 1. The zero-order chi connectivity index (χ0) is 15.1. The molecular formula is C17H17ClN2S. The summed E-state index contributed by atoms with van der Waals surface area (Å²) >= 11 is 7.87. The first-order valence-electron chi connectivity index (χ1n) is 6.72. The quantitative estimate of drug-likeness (QED) is 0.806. The van der Waals surface area contributed by atoms with Crippen LogP contribution < -0.4 is 5.73 Å². The molecule has 2 rings (SSSR count). The molecule has 0 aliphatic rings. The minimum atomic E-state index is -0.922. The zero-order valence-electron chi connectivity index (χ0n) is 11.6. The van der Waals surface area contributed by atoms with Crippen LogP contribution in [-0.4, -0.2) is 5.75 Å². The number of nitrogens with two attached hydrogens (primary N) is 1. The highest BCUT2D eigenvalue weighted by Crippen LogP contribution is 2.26. The molecule has 0 amide bonds. The summed E-state index contributed by atoms with van der Waals surface area (Å²) < 4.78 is 0. The van der Waals surface area contributed by atoms with E-state index in [1.54, 1.807) is 11.8 Å². The Kier molecular flexibility index (Phi) is 5.69. The molecule has 0 bridgehead atoms. The Labute approximate surface area is 134 Å². The van der Waals surface area contributed by atoms with E-state index >= 15 is 0 Å². The van der Waals surface area contributed by atoms with E-state index in [0.29, 0.717) is 6.42 Å². The molecule has 2 aromatic rings. The van der Waals surface area contributed by atoms with Gasteiger partial charge in [0.1, 0.15) is 5.54 Å². The van der Waals surface area contributed by atoms with Crippen LogP contribution in [0.5, 0.6) is 0 Å². The van der Waals surface area contributed by atoms with Crippen molar-refractivity contribution in [2.24, 2.45) is 5.73 Å². The van der Waals surface area contributed by atoms with Crippen LogP contribution >= 0.6 is 23.4 Å². The number of nitrogens with zero attached hydrogens (tertiary/aromatic N) is 1. The fourth-order valence-electron chi connectivity index (χ4n) is 2.03. The van der Waals surface area contributed by atoms with Gasteiger partial charge in [-0.2, -0.15) is 17.0 Å². The van der Waals surface area contributed by atoms with Crippen LogP contribution in [0, 0.1) is 11.3 Å². The van der Waals surface area contributed by atoms with E-state index in [-0.39, 0.29) is 0 Å². The highest BCUT2D eigenvalue weighted by Gasteiger charge is 2.26. The van der Waals surface area contributed by atoms with Crippen molar-refractivity contribution in [2.45, 2.75) is 17.7 Å². The molecule has 21 heavy (non-hydrogen) atoms. The molecular weight excluding hydrogens is 300 g/mol. The average molecular weight is 317 g/mol. The summed E-state index contributed by atoms with van der Waals surface area (Å²) in [5.74, 6) is 1.64. The van der Waals surface area contributed by atoms with Crippen molar-refractivity contribution < 1.29 is 0 Å². The largest absolute Gasteiger partial charge is 0.310 e. The summed E-state index contributed by atoms with van der Waals surface area (Å²) in [5.41, 5.74) is 7.29. The Morgan fingerprint density at radius 3 is 2.43 bits per heavy atom. The zero-order valence-corrected chi connectivity index (χ0v) is 13.2. The molecule has 0 spiro atoms. The van der Waals surface area contributed by atoms with Gasteiger partial charge < -0.3 is 5.73 Å². The van der Waals surface area contributed by atoms with Crippen LogP contribution in [0.4, 0.5) is 0 Å². The van der Waals surface area contributed by atoms with Gasteiger partial charge in [0.25, 0.3) is 0 Å². The van der Waals surface area contributed by atoms with Gasteiger partial charge in [0.2, 0.25) is 0 Å². The molecule has 4 heteroatoms. The van der Waals surface area contributed by atoms with Crippen LogP contribution in [0.1, 0.15) is 17.5 Å². The lowest BCUT2D eigenvalue weighted by molar-refractivity contribution is 0.560. The average Bonchev–Trinajstić information content (AvgIpc) is 2.54. The third-order valence-electron chi connectivity index (χ3n) is 3.34. The molecule has 0 aliphatic carbocycles. The van der Waals surface area contributed by atoms with Crippen molar-refractivity contribution in [3.8, 4) is 6.07 Å². The Morgan fingerprint density at radius 1 is 1.10 bits per heavy atom. The molecule has 0 heterocycles. The van der Waals surface area contributed by atoms with Gasteiger partial charge in [0.05, 0.1) is 6.07 Å². The molecule has 0 aliphatic heterocycles. The molecule has 0 radical (unpaired) electrons. The fraction of sp³-hybridized carbons (Fsp3) is 0.235. The van der Waals surface area contributed by atoms with Crippen molar-refractivity contribution in [3.63, 3.8) is 0 Å². The van der Waals surface area contributed by atoms with Gasteiger partial charge >= 0.3 is 0 Å². The molecule has 0 saturated heterocycles. The van der Waals surface area contributed by atoms with Crippen LogP contribution in [0.25, 0.3) is 0 Å². The van der Waals surface area contributed by atoms with Crippen molar-refractivity contribution in [1.29, 1.82) is 5.26 Å². The Bertz CT molecular complexity index is 624. The predicted molar refractivity (Wildman–Crippen MR) is 90.2 cm³/mol. The van der Waals surface area contributed by atoms with Gasteiger partial charge in [-0.3, -0.25) is 0 Å². The summed E-state index contributed by atoms with van der Waals surface area (Å²) in [5, 5.41) is 10.2. The molecule has 2 aromatic carbocycles. The summed E-state index contributed by atoms with van der Waals surface area (Å²) in [7, 11) is 0. The number of benzene rings is 2. The van der Waals surface area contributed by atoms with Gasteiger partial charge in [-0.15, -0.1) is 0 Å². The first-order valence-corrected chi connectivity index (χ1v) is 8.26. The number of nitriles is 1. The summed E-state index contributed by atoms with van der Waals surface area (Å²) in [6, 6.07) is 19.6. The standard InChI is InChI=1S/C17H17ClN2S/c18-16-9-5-4-6-14(16)12-21-11-10-17(20,13-19)15-7-2-1-3-8-15/h1-9H,10-12,20H2. The topological polar surface area (TPSA) is 49.8 Å². The van der Waals surface area contributed by atoms with E-state index in [1.165, 1.54) is 0 Å². The maximum Gasteiger partial charge on any atom is 0.130 e. The molecule has 1 unspecified atom stereocenters. The van der Waals surface area contributed by atoms with Crippen LogP contribution in [0.2, 0.25) is 5.02 Å². The molecule has 1 atom stereocenters. The van der Waals surface area contributed by atoms with Gasteiger partial charge in [-0.05, 0) is 29.4 Å². The van der Waals surface area contributed by atoms with E-state index in [1.807, 2.05) is 54.6 Å². The number of hydrogen-bond acceptors (Lipinski definition) is 3. The maximum absolute atomic E-state index is 9.39. The number of thioether (sulfide) groups is 1. The highest BCUT2D eigenvalue weighted by molar-refractivity contribution is 7.98. The summed E-state index contributed by atoms with van der Waals surface area (Å²) in [6.45, 7) is 0. The molecule has 2 nitrogen and oxygen atoms in total. The van der Waals surface area contributed by atoms with E-state index in [4.69, 9.17) is 17.3 Å². The Morgan fingerprint density at radius 2 is 1.76 bits per heavy atom. The van der Waals surface area contributed by atoms with Crippen LogP contribution in [0.15, 0.2) is 54.6 Å². The van der Waals surface area contributed by atoms with E-state index in [9.17, 15) is 5.26 Å². The number of rotatable bonds is 6. The smallest absolute Gasteiger partial charge is 0.130 e. The molecule has 0 saturated carbocycles. The predicted octanol–water partition coefficient (Wildman–Crippen LogP) is 4.34. The van der Waals surface area contributed by atoms with Crippen molar-refractivity contribution in [2.75, 3.05) is 5.75 Å². The second kappa shape index (κ2) is 7.51. The number of hydrogen-bond donors (Lipinski definition) is 1. The summed E-state index contributed by atoms with van der Waals surface area (Å²) in [4.78, 5) is 0. The molecule has 108 valence electrons. The second-order valence-electron chi connectivity index (χ2n) is 4.84. The van der Waals surface area contributed by atoms with E-state index in [2.05, 4.69) is 6.07 Å². The van der Waals surface area contributed by atoms with Gasteiger partial charge in [-0.1, -0.05) is 60.1 Å². The van der Waals surface area contributed by atoms with Crippen molar-refractivity contribution in [3.05, 3.63) is 70.7 Å². The third-order valence-corrected chi connectivity index (χ3v) is 4.72. The minimum absolute atomic E-state index is 0.614. The van der Waals surface area contributed by atoms with Gasteiger partial charge in [-0.25, -0.2) is 0 Å². The van der Waals surface area contributed by atoms with Crippen LogP contribution in [0.3, 0.4) is 0 Å². The Balaban J connectivity index is 1.90. The SMILES string of the molecule is N#CC(N)(CCSCc1ccccc1Cl)c1ccccc1. The molecule has 0 fully saturated rings. The minimum Gasteiger partial charge on any atom is -0.310 e. The summed E-state index contributed by atoms with van der Waals surface area (Å²) in [6.07, 6.45) is 0.614. The normalized spacial score (nSPS) is 13.4. The van der Waals surface area contributed by atoms with E-state index in [0.717, 1.165) is 27.7 Å². The second-order valence-corrected chi connectivity index (χ2v) is 6.36. The van der Waals surface area contributed by atoms with Crippen molar-refractivity contribution >= 4 is 23.4 Å². The Hall–Kier alpha value is -1.47. The first kappa shape index (κ1) is 15.9. The lowest BCUT2D eigenvalue weighted by atomic mass is 9.90. The first-order chi connectivity index (χ1) is 10.2.